The van der Waals surface area contributed by atoms with Crippen molar-refractivity contribution in [3.8, 4) is 11.5 Å². The molecule has 0 fully saturated rings. The van der Waals surface area contributed by atoms with Crippen LogP contribution >= 0.6 is 0 Å². The molecule has 0 aromatic heterocycles. The van der Waals surface area contributed by atoms with Crippen molar-refractivity contribution in [2.24, 2.45) is 5.41 Å². The second kappa shape index (κ2) is 7.82. The minimum absolute atomic E-state index is 0.109. The van der Waals surface area contributed by atoms with Crippen LogP contribution in [0.15, 0.2) is 29.8 Å². The second-order valence-corrected chi connectivity index (χ2v) is 8.80. The maximum Gasteiger partial charge on any atom is 0.127 e. The van der Waals surface area contributed by atoms with Gasteiger partial charge in [0.1, 0.15) is 23.7 Å². The van der Waals surface area contributed by atoms with Crippen LogP contribution in [0.4, 0.5) is 0 Å². The van der Waals surface area contributed by atoms with Gasteiger partial charge in [0, 0.05) is 19.6 Å². The molecule has 25 heavy (non-hydrogen) atoms. The molecular weight excluding hydrogens is 312 g/mol. The van der Waals surface area contributed by atoms with Gasteiger partial charge in [-0.3, -0.25) is 0 Å². The molecule has 1 unspecified atom stereocenters. The largest absolute Gasteiger partial charge is 0.489 e. The Morgan fingerprint density at radius 3 is 2.68 bits per heavy atom. The molecule has 0 radical (unpaired) electrons. The minimum Gasteiger partial charge on any atom is -0.489 e. The van der Waals surface area contributed by atoms with Crippen molar-refractivity contribution in [1.29, 1.82) is 0 Å². The topological polar surface area (TPSA) is 27.7 Å². The molecular formula is C22H34O3. The van der Waals surface area contributed by atoms with Crippen LogP contribution in [0.5, 0.6) is 11.5 Å². The van der Waals surface area contributed by atoms with E-state index in [4.69, 9.17) is 14.2 Å². The van der Waals surface area contributed by atoms with Crippen molar-refractivity contribution in [2.45, 2.75) is 72.5 Å². The number of hydrogen-bond acceptors (Lipinski definition) is 3. The number of benzene rings is 1. The van der Waals surface area contributed by atoms with Crippen molar-refractivity contribution < 1.29 is 14.2 Å². The zero-order valence-electron chi connectivity index (χ0n) is 16.9. The third-order valence-electron chi connectivity index (χ3n) is 4.77. The van der Waals surface area contributed by atoms with E-state index in [0.29, 0.717) is 6.61 Å². The Labute approximate surface area is 153 Å². The first kappa shape index (κ1) is 19.8. The Kier molecular flexibility index (Phi) is 6.21. The molecule has 1 aromatic rings. The molecule has 1 heterocycles. The lowest BCUT2D eigenvalue weighted by Crippen LogP contribution is -2.28. The van der Waals surface area contributed by atoms with Crippen LogP contribution in [-0.2, 0) is 11.2 Å². The molecule has 0 saturated heterocycles. The fraction of sp³-hybridized carbons (Fsp3) is 0.636. The zero-order valence-corrected chi connectivity index (χ0v) is 16.9. The molecule has 0 saturated carbocycles. The third kappa shape index (κ3) is 5.78. The number of fused-ring (bicyclic) bond motifs is 1. The predicted molar refractivity (Wildman–Crippen MR) is 104 cm³/mol. The van der Waals surface area contributed by atoms with Crippen molar-refractivity contribution in [1.82, 2.24) is 0 Å². The highest BCUT2D eigenvalue weighted by atomic mass is 16.5. The summed E-state index contributed by atoms with van der Waals surface area (Å²) in [6.45, 7) is 13.6. The lowest BCUT2D eigenvalue weighted by Gasteiger charge is -2.29. The molecule has 0 N–H and O–H groups in total. The smallest absolute Gasteiger partial charge is 0.127 e. The number of allylic oxidation sites excluding steroid dienone is 1. The normalized spacial score (nSPS) is 17.8. The van der Waals surface area contributed by atoms with Gasteiger partial charge in [-0.15, -0.1) is 0 Å². The van der Waals surface area contributed by atoms with Crippen molar-refractivity contribution in [3.05, 3.63) is 35.4 Å². The maximum atomic E-state index is 5.96. The predicted octanol–water partition coefficient (Wildman–Crippen LogP) is 5.57. The summed E-state index contributed by atoms with van der Waals surface area (Å²) in [6.07, 6.45) is 5.45. The van der Waals surface area contributed by atoms with E-state index in [9.17, 15) is 0 Å². The maximum absolute atomic E-state index is 5.96. The van der Waals surface area contributed by atoms with Gasteiger partial charge in [0.25, 0.3) is 0 Å². The summed E-state index contributed by atoms with van der Waals surface area (Å²) in [4.78, 5) is 0. The van der Waals surface area contributed by atoms with Gasteiger partial charge in [-0.05, 0) is 56.7 Å². The first-order chi connectivity index (χ1) is 11.6. The summed E-state index contributed by atoms with van der Waals surface area (Å²) in [5, 5.41) is 0. The molecule has 0 spiro atoms. The Morgan fingerprint density at radius 2 is 2.04 bits per heavy atom. The fourth-order valence-electron chi connectivity index (χ4n) is 3.30. The summed E-state index contributed by atoms with van der Waals surface area (Å²) >= 11 is 0. The Morgan fingerprint density at radius 1 is 1.32 bits per heavy atom. The molecule has 3 heteroatoms. The highest BCUT2D eigenvalue weighted by molar-refractivity contribution is 5.44. The van der Waals surface area contributed by atoms with Gasteiger partial charge in [0.05, 0.1) is 6.10 Å². The molecule has 0 aliphatic carbocycles. The van der Waals surface area contributed by atoms with Crippen LogP contribution in [0.25, 0.3) is 0 Å². The van der Waals surface area contributed by atoms with E-state index in [1.165, 1.54) is 11.1 Å². The number of hydrogen-bond donors (Lipinski definition) is 0. The van der Waals surface area contributed by atoms with Crippen LogP contribution in [0, 0.1) is 5.41 Å². The van der Waals surface area contributed by atoms with E-state index in [2.05, 4.69) is 53.7 Å². The third-order valence-corrected chi connectivity index (χ3v) is 4.77. The van der Waals surface area contributed by atoms with E-state index in [0.717, 1.165) is 30.8 Å². The van der Waals surface area contributed by atoms with Crippen LogP contribution in [0.3, 0.4) is 0 Å². The van der Waals surface area contributed by atoms with Gasteiger partial charge in [-0.2, -0.15) is 0 Å². The summed E-state index contributed by atoms with van der Waals surface area (Å²) in [7, 11) is 1.80. The number of rotatable bonds is 7. The first-order valence-electron chi connectivity index (χ1n) is 9.24. The van der Waals surface area contributed by atoms with E-state index in [1.807, 2.05) is 12.1 Å². The molecule has 0 bridgehead atoms. The molecule has 3 nitrogen and oxygen atoms in total. The van der Waals surface area contributed by atoms with Gasteiger partial charge < -0.3 is 14.2 Å². The van der Waals surface area contributed by atoms with Crippen LogP contribution < -0.4 is 9.47 Å². The number of ether oxygens (including phenoxy) is 3. The number of methoxy groups -OCH3 is 1. The average Bonchev–Trinajstić information content (AvgIpc) is 2.79. The molecule has 1 aliphatic rings. The van der Waals surface area contributed by atoms with Crippen LogP contribution in [0.1, 0.15) is 59.9 Å². The van der Waals surface area contributed by atoms with Crippen LogP contribution in [0.2, 0.25) is 0 Å². The van der Waals surface area contributed by atoms with Gasteiger partial charge in [0.15, 0.2) is 0 Å². The minimum atomic E-state index is -0.109. The van der Waals surface area contributed by atoms with E-state index in [-0.39, 0.29) is 17.1 Å². The molecule has 0 amide bonds. The molecule has 2 rings (SSSR count). The highest BCUT2D eigenvalue weighted by Gasteiger charge is 2.30. The molecule has 1 aromatic carbocycles. The summed E-state index contributed by atoms with van der Waals surface area (Å²) in [5.74, 6) is 1.82. The quantitative estimate of drug-likeness (QED) is 0.604. The van der Waals surface area contributed by atoms with E-state index in [1.54, 1.807) is 7.11 Å². The van der Waals surface area contributed by atoms with E-state index < -0.39 is 0 Å². The van der Waals surface area contributed by atoms with Gasteiger partial charge in [0.2, 0.25) is 0 Å². The second-order valence-electron chi connectivity index (χ2n) is 8.80. The average molecular weight is 347 g/mol. The Hall–Kier alpha value is -1.48. The lowest BCUT2D eigenvalue weighted by molar-refractivity contribution is 0.0110. The molecule has 1 atom stereocenters. The van der Waals surface area contributed by atoms with Gasteiger partial charge >= 0.3 is 0 Å². The Bertz CT molecular complexity index is 608. The van der Waals surface area contributed by atoms with E-state index >= 15 is 0 Å². The molecule has 1 aliphatic heterocycles. The van der Waals surface area contributed by atoms with Crippen LogP contribution in [-0.4, -0.2) is 25.4 Å². The highest BCUT2D eigenvalue weighted by Crippen LogP contribution is 2.37. The van der Waals surface area contributed by atoms with Crippen molar-refractivity contribution in [2.75, 3.05) is 13.7 Å². The van der Waals surface area contributed by atoms with Gasteiger partial charge in [-0.25, -0.2) is 0 Å². The Balaban J connectivity index is 1.83. The summed E-state index contributed by atoms with van der Waals surface area (Å²) in [6, 6.07) is 6.16. The van der Waals surface area contributed by atoms with Gasteiger partial charge in [-0.1, -0.05) is 32.4 Å². The fourth-order valence-corrected chi connectivity index (χ4v) is 3.30. The summed E-state index contributed by atoms with van der Waals surface area (Å²) in [5.41, 5.74) is 2.66. The zero-order chi connectivity index (χ0) is 18.7. The lowest BCUT2D eigenvalue weighted by atomic mass is 9.85. The SMILES string of the molecule is COC(CCC(C)=CCOc1ccc2c(c1)OC(C)(C)C2)C(C)(C)C. The monoisotopic (exact) mass is 346 g/mol. The standard InChI is InChI=1S/C22H34O3/c1-16(8-11-20(23-7)21(2,3)4)12-13-24-18-10-9-17-15-22(5,6)25-19(17)14-18/h9-10,12,14,20H,8,11,13,15H2,1-7H3. The summed E-state index contributed by atoms with van der Waals surface area (Å²) < 4.78 is 17.5. The van der Waals surface area contributed by atoms with Crippen molar-refractivity contribution in [3.63, 3.8) is 0 Å². The first-order valence-corrected chi connectivity index (χ1v) is 9.24. The molecule has 140 valence electrons. The van der Waals surface area contributed by atoms with Crippen molar-refractivity contribution >= 4 is 0 Å².